The summed E-state index contributed by atoms with van der Waals surface area (Å²) in [6.45, 7) is 15.5. The molecule has 61 heavy (non-hydrogen) atoms. The SMILES string of the molecule is C.CC(C)(N)Cc1ccc2c(c1)CCO2.CC(C)=Cc1ccc2c(c1)CCO2.CC(C)[P+](c1ccccc1)(c1ccccc1)c1ccccc1.O=Cc1ccc2c(c1)CCO2. The predicted octanol–water partition coefficient (Wildman–Crippen LogP) is 11.4. The van der Waals surface area contributed by atoms with E-state index in [0.717, 1.165) is 80.2 Å². The summed E-state index contributed by atoms with van der Waals surface area (Å²) >= 11 is 0. The second kappa shape index (κ2) is 21.9. The van der Waals surface area contributed by atoms with Crippen LogP contribution >= 0.6 is 7.26 Å². The largest absolute Gasteiger partial charge is 0.493 e. The van der Waals surface area contributed by atoms with Gasteiger partial charge in [0, 0.05) is 30.4 Å². The lowest BCUT2D eigenvalue weighted by Gasteiger charge is -2.31. The summed E-state index contributed by atoms with van der Waals surface area (Å²) in [6.07, 6.45) is 6.99. The van der Waals surface area contributed by atoms with Crippen molar-refractivity contribution in [3.63, 3.8) is 0 Å². The average molecular weight is 835 g/mol. The number of rotatable bonds is 8. The first-order valence-electron chi connectivity index (χ1n) is 21.2. The third kappa shape index (κ3) is 12.3. The van der Waals surface area contributed by atoms with E-state index in [2.05, 4.69) is 175 Å². The summed E-state index contributed by atoms with van der Waals surface area (Å²) in [6, 6.07) is 51.4. The lowest BCUT2D eigenvalue weighted by molar-refractivity contribution is 0.112. The second-order valence-electron chi connectivity index (χ2n) is 16.8. The van der Waals surface area contributed by atoms with Crippen LogP contribution in [0.5, 0.6) is 17.2 Å². The number of ether oxygens (including phenoxy) is 3. The van der Waals surface area contributed by atoms with Crippen LogP contribution in [0.2, 0.25) is 0 Å². The molecule has 3 aliphatic rings. The number of fused-ring (bicyclic) bond motifs is 3. The van der Waals surface area contributed by atoms with Crippen LogP contribution in [0.15, 0.2) is 151 Å². The summed E-state index contributed by atoms with van der Waals surface area (Å²) in [4.78, 5) is 10.4. The molecule has 0 saturated carbocycles. The van der Waals surface area contributed by atoms with Crippen molar-refractivity contribution in [1.29, 1.82) is 0 Å². The number of carbonyl (C=O) groups excluding carboxylic acids is 1. The molecule has 0 radical (unpaired) electrons. The lowest BCUT2D eigenvalue weighted by Crippen LogP contribution is -2.36. The number of hydrogen-bond donors (Lipinski definition) is 1. The van der Waals surface area contributed by atoms with Crippen LogP contribution in [0.4, 0.5) is 0 Å². The van der Waals surface area contributed by atoms with Crippen molar-refractivity contribution in [3.8, 4) is 17.2 Å². The average Bonchev–Trinajstić information content (AvgIpc) is 4.03. The zero-order valence-corrected chi connectivity index (χ0v) is 37.1. The van der Waals surface area contributed by atoms with Crippen molar-refractivity contribution in [2.75, 3.05) is 19.8 Å². The Bertz CT molecular complexity index is 2230. The van der Waals surface area contributed by atoms with Crippen LogP contribution in [0.3, 0.4) is 0 Å². The molecule has 0 bridgehead atoms. The molecule has 0 spiro atoms. The summed E-state index contributed by atoms with van der Waals surface area (Å²) in [5, 5.41) is 4.38. The topological polar surface area (TPSA) is 70.8 Å². The first kappa shape index (κ1) is 46.6. The molecule has 6 aromatic carbocycles. The molecule has 6 heteroatoms. The van der Waals surface area contributed by atoms with Crippen LogP contribution in [-0.4, -0.2) is 37.3 Å². The fraction of sp³-hybridized carbons (Fsp3) is 0.291. The van der Waals surface area contributed by atoms with Crippen LogP contribution in [0.25, 0.3) is 6.08 Å². The van der Waals surface area contributed by atoms with E-state index in [1.54, 1.807) is 6.07 Å². The van der Waals surface area contributed by atoms with E-state index in [1.165, 1.54) is 43.7 Å². The molecule has 0 aromatic heterocycles. The van der Waals surface area contributed by atoms with E-state index in [9.17, 15) is 4.79 Å². The Labute approximate surface area is 366 Å². The van der Waals surface area contributed by atoms with Gasteiger partial charge in [-0.05, 0) is 149 Å². The second-order valence-corrected chi connectivity index (χ2v) is 20.8. The molecule has 3 aliphatic heterocycles. The molecule has 3 heterocycles. The van der Waals surface area contributed by atoms with Gasteiger partial charge in [0.2, 0.25) is 0 Å². The van der Waals surface area contributed by atoms with Gasteiger partial charge in [0.05, 0.1) is 25.5 Å². The van der Waals surface area contributed by atoms with E-state index in [4.69, 9.17) is 19.9 Å². The van der Waals surface area contributed by atoms with E-state index in [-0.39, 0.29) is 13.0 Å². The molecule has 0 amide bonds. The highest BCUT2D eigenvalue weighted by Gasteiger charge is 2.48. The molecule has 0 unspecified atom stereocenters. The fourth-order valence-corrected chi connectivity index (χ4v) is 12.7. The third-order valence-corrected chi connectivity index (χ3v) is 15.6. The van der Waals surface area contributed by atoms with E-state index < -0.39 is 7.26 Å². The highest BCUT2D eigenvalue weighted by molar-refractivity contribution is 7.96. The maximum absolute atomic E-state index is 10.4. The number of allylic oxidation sites excluding steroid dienone is 1. The minimum Gasteiger partial charge on any atom is -0.493 e. The minimum atomic E-state index is -1.63. The molecule has 9 rings (SSSR count). The van der Waals surface area contributed by atoms with Crippen molar-refractivity contribution in [2.45, 2.75) is 85.9 Å². The first-order chi connectivity index (χ1) is 29.0. The normalized spacial score (nSPS) is 13.0. The molecule has 5 nitrogen and oxygen atoms in total. The number of hydrogen-bond acceptors (Lipinski definition) is 5. The molecule has 2 N–H and O–H groups in total. The minimum absolute atomic E-state index is 0. The standard InChI is InChI=1S/C21H22P.C12H17NO.C12H14O.C9H8O2.CH4/c1-18(2)22(19-12-6-3-7-13-19,20-14-8-4-9-15-20)21-16-10-5-11-17-21;1-12(2,13)8-9-3-4-11-10(7-9)5-6-14-11;1-9(2)7-10-3-4-12-11(8-10)5-6-13-12;10-6-7-1-2-9-8(5-7)3-4-11-9;/h3-18H,1-2H3;3-4,7H,5-6,8,13H2,1-2H3;3-4,7-8H,5-6H2,1-2H3;1-2,5-6H,3-4H2;1H4/q+1;;;;. The molecule has 6 aromatic rings. The van der Waals surface area contributed by atoms with Crippen molar-refractivity contribution in [2.24, 2.45) is 5.73 Å². The van der Waals surface area contributed by atoms with Crippen LogP contribution in [0, 0.1) is 0 Å². The van der Waals surface area contributed by atoms with Crippen molar-refractivity contribution in [1.82, 2.24) is 0 Å². The van der Waals surface area contributed by atoms with Crippen molar-refractivity contribution >= 4 is 35.5 Å². The van der Waals surface area contributed by atoms with Gasteiger partial charge in [-0.15, -0.1) is 0 Å². The van der Waals surface area contributed by atoms with E-state index in [0.29, 0.717) is 5.66 Å². The third-order valence-electron chi connectivity index (χ3n) is 10.7. The molecule has 0 fully saturated rings. The summed E-state index contributed by atoms with van der Waals surface area (Å²) < 4.78 is 16.2. The molecule has 318 valence electrons. The van der Waals surface area contributed by atoms with Gasteiger partial charge in [-0.1, -0.05) is 91.9 Å². The predicted molar refractivity (Wildman–Crippen MR) is 261 cm³/mol. The Morgan fingerprint density at radius 3 is 1.39 bits per heavy atom. The molecule has 0 atom stereocenters. The number of nitrogens with two attached hydrogens (primary N) is 1. The molecule has 0 aliphatic carbocycles. The zero-order chi connectivity index (χ0) is 42.5. The Morgan fingerprint density at radius 1 is 0.607 bits per heavy atom. The quantitative estimate of drug-likeness (QED) is 0.122. The van der Waals surface area contributed by atoms with Crippen molar-refractivity contribution < 1.29 is 19.0 Å². The highest BCUT2D eigenvalue weighted by atomic mass is 31.2. The van der Waals surface area contributed by atoms with Gasteiger partial charge < -0.3 is 19.9 Å². The van der Waals surface area contributed by atoms with Gasteiger partial charge in [-0.2, -0.15) is 0 Å². The van der Waals surface area contributed by atoms with Gasteiger partial charge in [-0.3, -0.25) is 4.79 Å². The Kier molecular flexibility index (Phi) is 16.7. The first-order valence-corrected chi connectivity index (χ1v) is 23.0. The maximum atomic E-state index is 10.4. The van der Waals surface area contributed by atoms with Crippen LogP contribution in [0.1, 0.15) is 87.1 Å². The van der Waals surface area contributed by atoms with E-state index in [1.807, 2.05) is 12.1 Å². The summed E-state index contributed by atoms with van der Waals surface area (Å²) in [5.41, 5.74) is 14.9. The summed E-state index contributed by atoms with van der Waals surface area (Å²) in [5.74, 6) is 3.03. The lowest BCUT2D eigenvalue weighted by atomic mass is 9.95. The Hall–Kier alpha value is -5.48. The number of carbonyl (C=O) groups is 1. The van der Waals surface area contributed by atoms with Gasteiger partial charge in [0.25, 0.3) is 0 Å². The summed E-state index contributed by atoms with van der Waals surface area (Å²) in [7, 11) is -1.63. The van der Waals surface area contributed by atoms with Crippen molar-refractivity contribution in [3.05, 3.63) is 185 Å². The molecular weight excluding hydrogens is 770 g/mol. The highest BCUT2D eigenvalue weighted by Crippen LogP contribution is 2.59. The van der Waals surface area contributed by atoms with E-state index >= 15 is 0 Å². The zero-order valence-electron chi connectivity index (χ0n) is 36.2. The van der Waals surface area contributed by atoms with Gasteiger partial charge in [0.1, 0.15) is 46.7 Å². The smallest absolute Gasteiger partial charge is 0.150 e. The monoisotopic (exact) mass is 834 g/mol. The number of benzene rings is 6. The molecule has 0 saturated heterocycles. The Balaban J connectivity index is 0.000000159. The van der Waals surface area contributed by atoms with Crippen LogP contribution in [-0.2, 0) is 25.7 Å². The van der Waals surface area contributed by atoms with Crippen LogP contribution < -0.4 is 35.9 Å². The Morgan fingerprint density at radius 2 is 1.00 bits per heavy atom. The van der Waals surface area contributed by atoms with Gasteiger partial charge in [-0.25, -0.2) is 0 Å². The van der Waals surface area contributed by atoms with Gasteiger partial charge in [0.15, 0.2) is 0 Å². The number of aldehydes is 1. The maximum Gasteiger partial charge on any atom is 0.150 e. The van der Waals surface area contributed by atoms with Gasteiger partial charge >= 0.3 is 0 Å². The molecular formula is C55H65NO4P+. The fourth-order valence-electron chi connectivity index (χ4n) is 8.12.